The van der Waals surface area contributed by atoms with Gasteiger partial charge in [0.1, 0.15) is 0 Å². The number of unbranched alkanes of at least 4 members (excludes halogenated alkanes) is 1. The average molecular weight is 237 g/mol. The maximum absolute atomic E-state index is 11.5. The van der Waals surface area contributed by atoms with E-state index in [9.17, 15) is 4.79 Å². The Morgan fingerprint density at radius 3 is 2.82 bits per heavy atom. The summed E-state index contributed by atoms with van der Waals surface area (Å²) in [6, 6.07) is 3.34. The monoisotopic (exact) mass is 237 g/mol. The summed E-state index contributed by atoms with van der Waals surface area (Å²) in [5.74, 6) is 0.691. The van der Waals surface area contributed by atoms with Crippen molar-refractivity contribution in [3.05, 3.63) is 28.2 Å². The van der Waals surface area contributed by atoms with Gasteiger partial charge < -0.3 is 5.32 Å². The van der Waals surface area contributed by atoms with Gasteiger partial charge in [0, 0.05) is 12.6 Å². The largest absolute Gasteiger partial charge is 0.316 e. The van der Waals surface area contributed by atoms with Gasteiger partial charge in [-0.2, -0.15) is 5.10 Å². The molecule has 0 aliphatic heterocycles. The highest BCUT2D eigenvalue weighted by atomic mass is 16.1. The molecule has 0 amide bonds. The van der Waals surface area contributed by atoms with E-state index in [0.717, 1.165) is 31.6 Å². The van der Waals surface area contributed by atoms with Gasteiger partial charge in [-0.25, -0.2) is 4.68 Å². The van der Waals surface area contributed by atoms with Gasteiger partial charge in [-0.15, -0.1) is 0 Å². The fourth-order valence-corrected chi connectivity index (χ4v) is 1.61. The standard InChI is InChI=1S/C13H23N3O/c1-11(2)10-14-8-4-5-9-16-13(17)7-6-12(3)15-16/h6-7,11,14H,4-5,8-10H2,1-3H3. The van der Waals surface area contributed by atoms with Gasteiger partial charge >= 0.3 is 0 Å². The second kappa shape index (κ2) is 7.22. The molecule has 0 saturated carbocycles. The topological polar surface area (TPSA) is 46.9 Å². The predicted octanol–water partition coefficient (Wildman–Crippen LogP) is 1.58. The van der Waals surface area contributed by atoms with E-state index < -0.39 is 0 Å². The third kappa shape index (κ3) is 5.63. The van der Waals surface area contributed by atoms with Gasteiger partial charge in [0.25, 0.3) is 5.56 Å². The molecule has 0 aliphatic rings. The van der Waals surface area contributed by atoms with E-state index in [4.69, 9.17) is 0 Å². The zero-order valence-electron chi connectivity index (χ0n) is 11.1. The number of rotatable bonds is 7. The highest BCUT2D eigenvalue weighted by molar-refractivity contribution is 4.96. The third-order valence-corrected chi connectivity index (χ3v) is 2.53. The maximum Gasteiger partial charge on any atom is 0.266 e. The van der Waals surface area contributed by atoms with Crippen LogP contribution < -0.4 is 10.9 Å². The summed E-state index contributed by atoms with van der Waals surface area (Å²) in [4.78, 5) is 11.5. The minimum Gasteiger partial charge on any atom is -0.316 e. The number of aryl methyl sites for hydroxylation is 2. The molecule has 0 radical (unpaired) electrons. The molecule has 0 bridgehead atoms. The molecule has 0 aliphatic carbocycles. The van der Waals surface area contributed by atoms with E-state index >= 15 is 0 Å². The molecule has 1 N–H and O–H groups in total. The summed E-state index contributed by atoms with van der Waals surface area (Å²) in [7, 11) is 0. The maximum atomic E-state index is 11.5. The summed E-state index contributed by atoms with van der Waals surface area (Å²) in [5.41, 5.74) is 0.883. The normalized spacial score (nSPS) is 11.1. The van der Waals surface area contributed by atoms with Crippen LogP contribution in [0.1, 0.15) is 32.4 Å². The second-order valence-electron chi connectivity index (χ2n) is 4.84. The summed E-state index contributed by atoms with van der Waals surface area (Å²) >= 11 is 0. The van der Waals surface area contributed by atoms with Crippen molar-refractivity contribution in [1.29, 1.82) is 0 Å². The van der Waals surface area contributed by atoms with Crippen LogP contribution in [0.25, 0.3) is 0 Å². The lowest BCUT2D eigenvalue weighted by Crippen LogP contribution is -2.24. The molecule has 0 atom stereocenters. The van der Waals surface area contributed by atoms with Gasteiger partial charge in [0.15, 0.2) is 0 Å². The first kappa shape index (κ1) is 13.9. The summed E-state index contributed by atoms with van der Waals surface area (Å²) in [6.07, 6.45) is 2.07. The molecule has 0 saturated heterocycles. The first-order valence-electron chi connectivity index (χ1n) is 6.35. The number of nitrogens with zero attached hydrogens (tertiary/aromatic N) is 2. The van der Waals surface area contributed by atoms with Crippen molar-refractivity contribution in [1.82, 2.24) is 15.1 Å². The van der Waals surface area contributed by atoms with Crippen molar-refractivity contribution < 1.29 is 0 Å². The van der Waals surface area contributed by atoms with Crippen LogP contribution in [0.5, 0.6) is 0 Å². The van der Waals surface area contributed by atoms with Crippen molar-refractivity contribution in [2.45, 2.75) is 40.2 Å². The minimum atomic E-state index is -0.00857. The number of hydrogen-bond donors (Lipinski definition) is 1. The van der Waals surface area contributed by atoms with E-state index in [2.05, 4.69) is 24.3 Å². The molecule has 0 unspecified atom stereocenters. The fraction of sp³-hybridized carbons (Fsp3) is 0.692. The molecule has 4 nitrogen and oxygen atoms in total. The van der Waals surface area contributed by atoms with E-state index in [1.54, 1.807) is 16.8 Å². The second-order valence-corrected chi connectivity index (χ2v) is 4.84. The van der Waals surface area contributed by atoms with Crippen LogP contribution in [0, 0.1) is 12.8 Å². The molecule has 17 heavy (non-hydrogen) atoms. The first-order valence-corrected chi connectivity index (χ1v) is 6.35. The minimum absolute atomic E-state index is 0.00857. The fourth-order valence-electron chi connectivity index (χ4n) is 1.61. The Balaban J connectivity index is 2.22. The Bertz CT molecular complexity index is 384. The zero-order valence-corrected chi connectivity index (χ0v) is 11.1. The Hall–Kier alpha value is -1.16. The molecule has 1 aromatic rings. The number of hydrogen-bond acceptors (Lipinski definition) is 3. The molecule has 1 rings (SSSR count). The van der Waals surface area contributed by atoms with Gasteiger partial charge in [-0.3, -0.25) is 4.79 Å². The molecule has 0 aromatic carbocycles. The zero-order chi connectivity index (χ0) is 12.7. The smallest absolute Gasteiger partial charge is 0.266 e. The van der Waals surface area contributed by atoms with E-state index in [1.165, 1.54) is 0 Å². The quantitative estimate of drug-likeness (QED) is 0.732. The van der Waals surface area contributed by atoms with Gasteiger partial charge in [0.05, 0.1) is 5.69 Å². The van der Waals surface area contributed by atoms with Crippen molar-refractivity contribution >= 4 is 0 Å². The van der Waals surface area contributed by atoms with Crippen LogP contribution in [0.3, 0.4) is 0 Å². The van der Waals surface area contributed by atoms with Crippen molar-refractivity contribution in [3.8, 4) is 0 Å². The van der Waals surface area contributed by atoms with Gasteiger partial charge in [0.2, 0.25) is 0 Å². The molecular formula is C13H23N3O. The highest BCUT2D eigenvalue weighted by Crippen LogP contribution is 1.93. The van der Waals surface area contributed by atoms with E-state index in [-0.39, 0.29) is 5.56 Å². The molecule has 0 spiro atoms. The van der Waals surface area contributed by atoms with Crippen molar-refractivity contribution in [2.24, 2.45) is 5.92 Å². The molecule has 1 aromatic heterocycles. The molecule has 96 valence electrons. The Labute approximate surface area is 103 Å². The van der Waals surface area contributed by atoms with Crippen LogP contribution in [0.15, 0.2) is 16.9 Å². The molecular weight excluding hydrogens is 214 g/mol. The molecule has 1 heterocycles. The van der Waals surface area contributed by atoms with Crippen LogP contribution in [-0.2, 0) is 6.54 Å². The van der Waals surface area contributed by atoms with E-state index in [1.807, 2.05) is 6.92 Å². The first-order chi connectivity index (χ1) is 8.09. The Morgan fingerprint density at radius 2 is 2.12 bits per heavy atom. The number of nitrogens with one attached hydrogen (secondary N) is 1. The van der Waals surface area contributed by atoms with Crippen molar-refractivity contribution in [2.75, 3.05) is 13.1 Å². The molecule has 4 heteroatoms. The lowest BCUT2D eigenvalue weighted by atomic mass is 10.2. The van der Waals surface area contributed by atoms with E-state index in [0.29, 0.717) is 12.5 Å². The summed E-state index contributed by atoms with van der Waals surface area (Å²) in [5, 5.41) is 7.59. The van der Waals surface area contributed by atoms with Gasteiger partial charge in [-0.1, -0.05) is 13.8 Å². The SMILES string of the molecule is Cc1ccc(=O)n(CCCCNCC(C)C)n1. The Kier molecular flexibility index (Phi) is 5.91. The third-order valence-electron chi connectivity index (χ3n) is 2.53. The van der Waals surface area contributed by atoms with Crippen LogP contribution in [0.2, 0.25) is 0 Å². The van der Waals surface area contributed by atoms with Crippen LogP contribution >= 0.6 is 0 Å². The Morgan fingerprint density at radius 1 is 1.35 bits per heavy atom. The van der Waals surface area contributed by atoms with Crippen LogP contribution in [-0.4, -0.2) is 22.9 Å². The number of aromatic nitrogens is 2. The lowest BCUT2D eigenvalue weighted by Gasteiger charge is -2.08. The van der Waals surface area contributed by atoms with Crippen LogP contribution in [0.4, 0.5) is 0 Å². The summed E-state index contributed by atoms with van der Waals surface area (Å²) < 4.78 is 1.55. The van der Waals surface area contributed by atoms with Crippen molar-refractivity contribution in [3.63, 3.8) is 0 Å². The molecule has 0 fully saturated rings. The van der Waals surface area contributed by atoms with Gasteiger partial charge in [-0.05, 0) is 44.8 Å². The average Bonchev–Trinajstić information content (AvgIpc) is 2.27. The predicted molar refractivity (Wildman–Crippen MR) is 70.2 cm³/mol. The lowest BCUT2D eigenvalue weighted by molar-refractivity contribution is 0.493. The highest BCUT2D eigenvalue weighted by Gasteiger charge is 1.98. The summed E-state index contributed by atoms with van der Waals surface area (Å²) in [6.45, 7) is 9.08.